The zero-order valence-electron chi connectivity index (χ0n) is 15.8. The van der Waals surface area contributed by atoms with Gasteiger partial charge in [-0.2, -0.15) is 5.26 Å². The molecule has 6 heteroatoms. The number of benzene rings is 1. The van der Waals surface area contributed by atoms with Gasteiger partial charge in [0, 0.05) is 53.1 Å². The van der Waals surface area contributed by atoms with Gasteiger partial charge in [0.05, 0.1) is 23.4 Å². The summed E-state index contributed by atoms with van der Waals surface area (Å²) in [5.74, 6) is 0. The van der Waals surface area contributed by atoms with E-state index in [1.807, 2.05) is 48.0 Å². The van der Waals surface area contributed by atoms with E-state index in [1.165, 1.54) is 0 Å². The fraction of sp³-hybridized carbons (Fsp3) is 0.174. The maximum absolute atomic E-state index is 9.78. The number of aliphatic hydroxyl groups is 1. The summed E-state index contributed by atoms with van der Waals surface area (Å²) in [6.45, 7) is 1.33. The summed E-state index contributed by atoms with van der Waals surface area (Å²) < 4.78 is 0. The lowest BCUT2D eigenvalue weighted by Crippen LogP contribution is -2.17. The number of nitriles is 1. The predicted octanol–water partition coefficient (Wildman–Crippen LogP) is 3.90. The number of thiophene rings is 1. The van der Waals surface area contributed by atoms with Crippen molar-refractivity contribution in [3.63, 3.8) is 0 Å². The molecule has 0 saturated carbocycles. The van der Waals surface area contributed by atoms with Crippen molar-refractivity contribution in [2.75, 3.05) is 13.2 Å². The molecular formula is C23H20N4OS. The SMILES string of the molecule is N#Cc1c(-c2ccccc2)csc1Cc1nccc2cc(CNCCO)cnc12. The third kappa shape index (κ3) is 4.17. The largest absolute Gasteiger partial charge is 0.395 e. The lowest BCUT2D eigenvalue weighted by molar-refractivity contribution is 0.292. The first-order valence-corrected chi connectivity index (χ1v) is 10.3. The predicted molar refractivity (Wildman–Crippen MR) is 116 cm³/mol. The quantitative estimate of drug-likeness (QED) is 0.460. The van der Waals surface area contributed by atoms with Crippen molar-refractivity contribution in [1.82, 2.24) is 15.3 Å². The summed E-state index contributed by atoms with van der Waals surface area (Å²) in [6.07, 6.45) is 4.21. The summed E-state index contributed by atoms with van der Waals surface area (Å²) in [4.78, 5) is 10.2. The van der Waals surface area contributed by atoms with Crippen molar-refractivity contribution in [2.24, 2.45) is 0 Å². The summed E-state index contributed by atoms with van der Waals surface area (Å²) in [5.41, 5.74) is 5.52. The van der Waals surface area contributed by atoms with Crippen LogP contribution in [-0.2, 0) is 13.0 Å². The molecule has 2 N–H and O–H groups in total. The number of hydrogen-bond acceptors (Lipinski definition) is 6. The van der Waals surface area contributed by atoms with Crippen molar-refractivity contribution < 1.29 is 5.11 Å². The summed E-state index contributed by atoms with van der Waals surface area (Å²) >= 11 is 1.59. The Hall–Kier alpha value is -3.11. The van der Waals surface area contributed by atoms with Crippen LogP contribution < -0.4 is 5.32 Å². The van der Waals surface area contributed by atoms with Crippen LogP contribution in [0.5, 0.6) is 0 Å². The minimum Gasteiger partial charge on any atom is -0.395 e. The maximum Gasteiger partial charge on any atom is 0.101 e. The van der Waals surface area contributed by atoms with Crippen LogP contribution >= 0.6 is 11.3 Å². The molecule has 0 aliphatic rings. The van der Waals surface area contributed by atoms with Crippen molar-refractivity contribution in [3.8, 4) is 17.2 Å². The molecule has 0 atom stereocenters. The molecule has 0 spiro atoms. The van der Waals surface area contributed by atoms with Gasteiger partial charge < -0.3 is 10.4 Å². The van der Waals surface area contributed by atoms with E-state index in [0.29, 0.717) is 25.1 Å². The zero-order valence-corrected chi connectivity index (χ0v) is 16.6. The number of fused-ring (bicyclic) bond motifs is 1. The number of aliphatic hydroxyl groups excluding tert-OH is 1. The van der Waals surface area contributed by atoms with Crippen LogP contribution in [-0.4, -0.2) is 28.2 Å². The molecule has 0 unspecified atom stereocenters. The average molecular weight is 401 g/mol. The van der Waals surface area contributed by atoms with Gasteiger partial charge in [-0.15, -0.1) is 11.3 Å². The highest BCUT2D eigenvalue weighted by Gasteiger charge is 2.15. The Labute approximate surface area is 173 Å². The van der Waals surface area contributed by atoms with Gasteiger partial charge in [-0.25, -0.2) is 0 Å². The Morgan fingerprint density at radius 1 is 1.14 bits per heavy atom. The van der Waals surface area contributed by atoms with E-state index in [9.17, 15) is 5.26 Å². The molecule has 0 aliphatic heterocycles. The van der Waals surface area contributed by atoms with Gasteiger partial charge in [-0.05, 0) is 23.3 Å². The van der Waals surface area contributed by atoms with E-state index < -0.39 is 0 Å². The highest BCUT2D eigenvalue weighted by atomic mass is 32.1. The van der Waals surface area contributed by atoms with E-state index in [4.69, 9.17) is 5.11 Å². The first-order valence-electron chi connectivity index (χ1n) is 9.40. The first-order chi connectivity index (χ1) is 14.3. The molecule has 3 aromatic heterocycles. The third-order valence-corrected chi connectivity index (χ3v) is 5.73. The minimum absolute atomic E-state index is 0.113. The summed E-state index contributed by atoms with van der Waals surface area (Å²) in [7, 11) is 0. The molecule has 4 rings (SSSR count). The van der Waals surface area contributed by atoms with Gasteiger partial charge in [0.15, 0.2) is 0 Å². The smallest absolute Gasteiger partial charge is 0.101 e. The molecule has 29 heavy (non-hydrogen) atoms. The van der Waals surface area contributed by atoms with E-state index in [0.717, 1.165) is 38.2 Å². The molecule has 1 aromatic carbocycles. The van der Waals surface area contributed by atoms with E-state index in [-0.39, 0.29) is 6.61 Å². The number of nitrogens with one attached hydrogen (secondary N) is 1. The number of rotatable bonds is 7. The molecule has 4 aromatic rings. The molecule has 0 radical (unpaired) electrons. The average Bonchev–Trinajstić information content (AvgIpc) is 3.17. The van der Waals surface area contributed by atoms with Crippen molar-refractivity contribution >= 4 is 22.2 Å². The standard InChI is InChI=1S/C23H20N4OS/c24-12-19-20(17-4-2-1-3-5-17)15-29-22(19)11-21-23-18(6-7-26-21)10-16(14-27-23)13-25-8-9-28/h1-7,10,14-15,25,28H,8-9,11,13H2. The second-order valence-electron chi connectivity index (χ2n) is 6.68. The third-order valence-electron chi connectivity index (χ3n) is 4.74. The van der Waals surface area contributed by atoms with Gasteiger partial charge in [0.1, 0.15) is 6.07 Å². The Kier molecular flexibility index (Phi) is 5.92. The topological polar surface area (TPSA) is 81.8 Å². The second kappa shape index (κ2) is 8.93. The van der Waals surface area contributed by atoms with Gasteiger partial charge in [0.2, 0.25) is 0 Å². The second-order valence-corrected chi connectivity index (χ2v) is 7.64. The number of pyridine rings is 2. The van der Waals surface area contributed by atoms with Crippen LogP contribution in [0.15, 0.2) is 60.2 Å². The summed E-state index contributed by atoms with van der Waals surface area (Å²) in [6, 6.07) is 16.4. The molecule has 0 amide bonds. The molecule has 0 aliphatic carbocycles. The molecule has 0 fully saturated rings. The Morgan fingerprint density at radius 2 is 2.00 bits per heavy atom. The van der Waals surface area contributed by atoms with Crippen LogP contribution in [0.25, 0.3) is 22.0 Å². The lowest BCUT2D eigenvalue weighted by atomic mass is 10.0. The van der Waals surface area contributed by atoms with Crippen LogP contribution in [0.4, 0.5) is 0 Å². The number of nitrogens with zero attached hydrogens (tertiary/aromatic N) is 3. The highest BCUT2D eigenvalue weighted by molar-refractivity contribution is 7.10. The van der Waals surface area contributed by atoms with Gasteiger partial charge in [-0.1, -0.05) is 30.3 Å². The van der Waals surface area contributed by atoms with E-state index in [2.05, 4.69) is 27.4 Å². The van der Waals surface area contributed by atoms with Gasteiger partial charge >= 0.3 is 0 Å². The fourth-order valence-corrected chi connectivity index (χ4v) is 4.34. The highest BCUT2D eigenvalue weighted by Crippen LogP contribution is 2.33. The van der Waals surface area contributed by atoms with Crippen molar-refractivity contribution in [2.45, 2.75) is 13.0 Å². The van der Waals surface area contributed by atoms with Crippen molar-refractivity contribution in [3.05, 3.63) is 81.9 Å². The Morgan fingerprint density at radius 3 is 2.79 bits per heavy atom. The van der Waals surface area contributed by atoms with Crippen LogP contribution in [0, 0.1) is 11.3 Å². The number of hydrogen-bond donors (Lipinski definition) is 2. The molecule has 5 nitrogen and oxygen atoms in total. The zero-order chi connectivity index (χ0) is 20.1. The Balaban J connectivity index is 1.65. The molecule has 0 bridgehead atoms. The van der Waals surface area contributed by atoms with Gasteiger partial charge in [0.25, 0.3) is 0 Å². The molecule has 0 saturated heterocycles. The van der Waals surface area contributed by atoms with E-state index in [1.54, 1.807) is 17.5 Å². The fourth-order valence-electron chi connectivity index (χ4n) is 3.33. The van der Waals surface area contributed by atoms with Crippen LogP contribution in [0.1, 0.15) is 21.7 Å². The van der Waals surface area contributed by atoms with Crippen LogP contribution in [0.3, 0.4) is 0 Å². The first kappa shape index (κ1) is 19.2. The Bertz CT molecular complexity index is 1160. The van der Waals surface area contributed by atoms with Crippen molar-refractivity contribution in [1.29, 1.82) is 5.26 Å². The molecule has 144 valence electrons. The van der Waals surface area contributed by atoms with E-state index >= 15 is 0 Å². The number of aromatic nitrogens is 2. The monoisotopic (exact) mass is 400 g/mol. The maximum atomic E-state index is 9.78. The lowest BCUT2D eigenvalue weighted by Gasteiger charge is -2.07. The van der Waals surface area contributed by atoms with Crippen LogP contribution in [0.2, 0.25) is 0 Å². The molecular weight excluding hydrogens is 380 g/mol. The normalized spacial score (nSPS) is 10.9. The summed E-state index contributed by atoms with van der Waals surface area (Å²) in [5, 5.41) is 24.9. The van der Waals surface area contributed by atoms with Gasteiger partial charge in [-0.3, -0.25) is 9.97 Å². The minimum atomic E-state index is 0.113. The molecule has 3 heterocycles.